The van der Waals surface area contributed by atoms with Crippen molar-refractivity contribution in [1.82, 2.24) is 14.9 Å². The van der Waals surface area contributed by atoms with E-state index >= 15 is 0 Å². The fourth-order valence-electron chi connectivity index (χ4n) is 3.79. The molecule has 1 amide bonds. The Bertz CT molecular complexity index is 1150. The topological polar surface area (TPSA) is 81.1 Å². The van der Waals surface area contributed by atoms with E-state index < -0.39 is 22.0 Å². The van der Waals surface area contributed by atoms with Gasteiger partial charge in [-0.3, -0.25) is 4.79 Å². The van der Waals surface area contributed by atoms with Crippen molar-refractivity contribution >= 4 is 39.2 Å². The predicted molar refractivity (Wildman–Crippen MR) is 130 cm³/mol. The van der Waals surface area contributed by atoms with Crippen LogP contribution in [0.4, 0.5) is 0 Å². The number of hydrogen-bond acceptors (Lipinski definition) is 4. The molecule has 6 nitrogen and oxygen atoms in total. The third-order valence-corrected chi connectivity index (χ3v) is 6.89. The van der Waals surface area contributed by atoms with Crippen molar-refractivity contribution in [2.24, 2.45) is 0 Å². The second kappa shape index (κ2) is 11.5. The first-order valence-corrected chi connectivity index (χ1v) is 12.7. The van der Waals surface area contributed by atoms with Crippen LogP contribution in [0.1, 0.15) is 67.2 Å². The number of benzene rings is 2. The van der Waals surface area contributed by atoms with Crippen LogP contribution in [0.3, 0.4) is 0 Å². The summed E-state index contributed by atoms with van der Waals surface area (Å²) >= 11 is 6.33. The summed E-state index contributed by atoms with van der Waals surface area (Å²) in [6, 6.07) is 12.8. The molecule has 1 aromatic heterocycles. The molecule has 0 spiro atoms. The molecule has 1 N–H and O–H groups in total. The van der Waals surface area contributed by atoms with E-state index in [4.69, 9.17) is 11.6 Å². The monoisotopic (exact) mass is 475 g/mol. The first kappa shape index (κ1) is 24.3. The molecule has 1 atom stereocenters. The molecule has 172 valence electrons. The molecule has 0 radical (unpaired) electrons. The van der Waals surface area contributed by atoms with Gasteiger partial charge in [0.15, 0.2) is 10.7 Å². The van der Waals surface area contributed by atoms with Crippen molar-refractivity contribution < 1.29 is 13.2 Å². The third-order valence-electron chi connectivity index (χ3n) is 5.62. The van der Waals surface area contributed by atoms with Crippen LogP contribution in [0.25, 0.3) is 11.0 Å². The Hall–Kier alpha value is -2.38. The van der Waals surface area contributed by atoms with Gasteiger partial charge in [0.1, 0.15) is 11.2 Å². The maximum absolute atomic E-state index is 12.8. The van der Waals surface area contributed by atoms with Crippen LogP contribution in [-0.2, 0) is 17.2 Å². The van der Waals surface area contributed by atoms with E-state index in [0.29, 0.717) is 23.6 Å². The Balaban J connectivity index is 1.78. The average molecular weight is 476 g/mol. The van der Waals surface area contributed by atoms with Crippen LogP contribution < -0.4 is 5.32 Å². The molecular formula is C24H30ClN3O3S. The smallest absolute Gasteiger partial charge is 0.252 e. The van der Waals surface area contributed by atoms with E-state index in [1.807, 2.05) is 35.8 Å². The Morgan fingerprint density at radius 1 is 1.12 bits per heavy atom. The summed E-state index contributed by atoms with van der Waals surface area (Å²) < 4.78 is 25.4. The molecule has 8 heteroatoms. The molecular weight excluding hydrogens is 446 g/mol. The van der Waals surface area contributed by atoms with E-state index in [-0.39, 0.29) is 0 Å². The highest BCUT2D eigenvalue weighted by Gasteiger charge is 2.18. The molecule has 0 aliphatic carbocycles. The second-order valence-corrected chi connectivity index (χ2v) is 9.62. The van der Waals surface area contributed by atoms with Crippen LogP contribution in [0.5, 0.6) is 0 Å². The maximum Gasteiger partial charge on any atom is 0.252 e. The number of rotatable bonds is 11. The van der Waals surface area contributed by atoms with Gasteiger partial charge in [-0.05, 0) is 43.2 Å². The predicted octanol–water partition coefficient (Wildman–Crippen LogP) is 5.07. The van der Waals surface area contributed by atoms with Gasteiger partial charge >= 0.3 is 0 Å². The molecule has 3 aromatic rings. The highest BCUT2D eigenvalue weighted by atomic mass is 35.5. The summed E-state index contributed by atoms with van der Waals surface area (Å²) in [5.74, 6) is 0.415. The van der Waals surface area contributed by atoms with Crippen molar-refractivity contribution in [1.29, 1.82) is 0 Å². The lowest BCUT2D eigenvalue weighted by Crippen LogP contribution is -2.35. The summed E-state index contributed by atoms with van der Waals surface area (Å²) in [6.07, 6.45) is 5.53. The number of nitrogens with one attached hydrogen (secondary N) is 1. The van der Waals surface area contributed by atoms with E-state index in [0.717, 1.165) is 54.5 Å². The Kier molecular flexibility index (Phi) is 8.70. The molecule has 2 aromatic carbocycles. The number of nitrogens with zero attached hydrogens (tertiary/aromatic N) is 2. The summed E-state index contributed by atoms with van der Waals surface area (Å²) in [5, 5.41) is 2.50. The van der Waals surface area contributed by atoms with Crippen LogP contribution in [-0.4, -0.2) is 29.2 Å². The quantitative estimate of drug-likeness (QED) is 0.299. The van der Waals surface area contributed by atoms with Gasteiger partial charge in [0.05, 0.1) is 17.6 Å². The third kappa shape index (κ3) is 6.11. The maximum atomic E-state index is 12.8. The van der Waals surface area contributed by atoms with E-state index in [1.165, 1.54) is 0 Å². The molecule has 0 bridgehead atoms. The number of unbranched alkanes of at least 4 members (excludes halogenated alkanes) is 4. The number of fused-ring (bicyclic) bond motifs is 1. The molecule has 1 heterocycles. The lowest BCUT2D eigenvalue weighted by molar-refractivity contribution is 0.0947. The zero-order valence-electron chi connectivity index (χ0n) is 18.5. The zero-order chi connectivity index (χ0) is 23.1. The van der Waals surface area contributed by atoms with Crippen molar-refractivity contribution in [2.75, 3.05) is 0 Å². The normalized spacial score (nSPS) is 12.4. The summed E-state index contributed by atoms with van der Waals surface area (Å²) in [6.45, 7) is 4.57. The highest BCUT2D eigenvalue weighted by Crippen LogP contribution is 2.23. The molecule has 0 aliphatic rings. The van der Waals surface area contributed by atoms with Crippen LogP contribution in [0.2, 0.25) is 5.02 Å². The van der Waals surface area contributed by atoms with E-state index in [9.17, 15) is 13.2 Å². The van der Waals surface area contributed by atoms with Gasteiger partial charge in [0.25, 0.3) is 5.91 Å². The largest absolute Gasteiger partial charge is 0.336 e. The average Bonchev–Trinajstić information content (AvgIpc) is 3.08. The van der Waals surface area contributed by atoms with Gasteiger partial charge in [-0.25, -0.2) is 13.4 Å². The summed E-state index contributed by atoms with van der Waals surface area (Å²) in [7, 11) is -2.75. The number of imidazole rings is 1. The number of carbonyl (C=O) groups is 1. The molecule has 32 heavy (non-hydrogen) atoms. The Morgan fingerprint density at radius 2 is 1.88 bits per heavy atom. The molecule has 3 rings (SSSR count). The van der Waals surface area contributed by atoms with Crippen LogP contribution >= 0.6 is 11.6 Å². The first-order valence-electron chi connectivity index (χ1n) is 11.1. The number of amides is 1. The SMILES string of the molecule is CCCCCCCC(NC(=O)c1ccc2nc(C)n(Cc3ccccc3Cl)c2c1)[SH](=O)=O. The number of thiol groups is 1. The zero-order valence-corrected chi connectivity index (χ0v) is 20.2. The van der Waals surface area contributed by atoms with Gasteiger partial charge in [-0.15, -0.1) is 0 Å². The van der Waals surface area contributed by atoms with Crippen molar-refractivity contribution in [3.8, 4) is 0 Å². The fourth-order valence-corrected chi connectivity index (χ4v) is 4.60. The minimum atomic E-state index is -2.75. The van der Waals surface area contributed by atoms with Gasteiger partial charge in [-0.1, -0.05) is 68.8 Å². The van der Waals surface area contributed by atoms with Gasteiger partial charge in [0, 0.05) is 10.6 Å². The van der Waals surface area contributed by atoms with Gasteiger partial charge in [-0.2, -0.15) is 0 Å². The Morgan fingerprint density at radius 3 is 2.59 bits per heavy atom. The number of carbonyl (C=O) groups excluding carboxylic acids is 1. The van der Waals surface area contributed by atoms with Gasteiger partial charge < -0.3 is 9.88 Å². The standard InChI is InChI=1S/C24H30ClN3O3S/c1-3-4-5-6-7-12-23(32(30)31)27-24(29)18-13-14-21-22(15-18)28(17(2)26-21)16-19-10-8-9-11-20(19)25/h8-11,13-15,23,32H,3-7,12,16H2,1-2H3,(H,27,29). The summed E-state index contributed by atoms with van der Waals surface area (Å²) in [5.41, 5.74) is 2.94. The summed E-state index contributed by atoms with van der Waals surface area (Å²) in [4.78, 5) is 17.4. The molecule has 0 aliphatic heterocycles. The van der Waals surface area contributed by atoms with Crippen LogP contribution in [0, 0.1) is 6.92 Å². The van der Waals surface area contributed by atoms with Crippen molar-refractivity contribution in [2.45, 2.75) is 64.3 Å². The number of aromatic nitrogens is 2. The minimum Gasteiger partial charge on any atom is -0.336 e. The lowest BCUT2D eigenvalue weighted by Gasteiger charge is -2.13. The lowest BCUT2D eigenvalue weighted by atomic mass is 10.1. The van der Waals surface area contributed by atoms with Crippen molar-refractivity contribution in [3.05, 3.63) is 64.4 Å². The van der Waals surface area contributed by atoms with Gasteiger partial charge in [0.2, 0.25) is 0 Å². The van der Waals surface area contributed by atoms with Crippen LogP contribution in [0.15, 0.2) is 42.5 Å². The van der Waals surface area contributed by atoms with E-state index in [1.54, 1.807) is 18.2 Å². The highest BCUT2D eigenvalue weighted by molar-refractivity contribution is 7.73. The number of hydrogen-bond donors (Lipinski definition) is 2. The second-order valence-electron chi connectivity index (χ2n) is 8.02. The number of aryl methyl sites for hydroxylation is 1. The van der Waals surface area contributed by atoms with E-state index in [2.05, 4.69) is 17.2 Å². The number of halogens is 1. The molecule has 1 unspecified atom stereocenters. The molecule has 0 saturated heterocycles. The molecule has 0 saturated carbocycles. The van der Waals surface area contributed by atoms with Crippen molar-refractivity contribution in [3.63, 3.8) is 0 Å². The fraction of sp³-hybridized carbons (Fsp3) is 0.417. The minimum absolute atomic E-state index is 0.396. The first-order chi connectivity index (χ1) is 15.4. The Labute approximate surface area is 195 Å². The molecule has 0 fully saturated rings.